The molecule has 2 N–H and O–H groups in total. The van der Waals surface area contributed by atoms with Gasteiger partial charge < -0.3 is 15.5 Å². The molecule has 0 aliphatic heterocycles. The van der Waals surface area contributed by atoms with Gasteiger partial charge in [0.05, 0.1) is 0 Å². The molecule has 0 spiro atoms. The maximum Gasteiger partial charge on any atom is 0.243 e. The lowest BCUT2D eigenvalue weighted by atomic mass is 10.1. The molecule has 0 saturated heterocycles. The first-order chi connectivity index (χ1) is 11.5. The molecule has 0 atom stereocenters. The van der Waals surface area contributed by atoms with E-state index in [1.54, 1.807) is 19.0 Å². The van der Waals surface area contributed by atoms with Crippen molar-refractivity contribution in [2.45, 2.75) is 38.1 Å². The molecule has 7 heteroatoms. The lowest BCUT2D eigenvalue weighted by Gasteiger charge is -2.18. The molecular formula is C18H28ClIN4O. The van der Waals surface area contributed by atoms with Crippen molar-refractivity contribution in [2.75, 3.05) is 27.2 Å². The van der Waals surface area contributed by atoms with Crippen LogP contribution in [0.3, 0.4) is 0 Å². The molecule has 140 valence electrons. The summed E-state index contributed by atoms with van der Waals surface area (Å²) in [6.07, 6.45) is 5.69. The smallest absolute Gasteiger partial charge is 0.243 e. The lowest BCUT2D eigenvalue weighted by molar-refractivity contribution is -0.127. The van der Waals surface area contributed by atoms with Crippen LogP contribution in [0.5, 0.6) is 0 Å². The fraction of sp³-hybridized carbons (Fsp3) is 0.556. The SMILES string of the molecule is CN(C)C(=O)CN=C(NCCc1cccc(Cl)c1)NC1CCCC1.I. The Kier molecular flexibility index (Phi) is 10.2. The van der Waals surface area contributed by atoms with Gasteiger partial charge in [0.1, 0.15) is 6.54 Å². The van der Waals surface area contributed by atoms with Crippen LogP contribution >= 0.6 is 35.6 Å². The summed E-state index contributed by atoms with van der Waals surface area (Å²) in [7, 11) is 3.49. The van der Waals surface area contributed by atoms with Crippen LogP contribution in [-0.2, 0) is 11.2 Å². The van der Waals surface area contributed by atoms with Crippen LogP contribution in [0.1, 0.15) is 31.2 Å². The standard InChI is InChI=1S/C18H27ClN4O.HI/c1-23(2)17(24)13-21-18(22-16-8-3-4-9-16)20-11-10-14-6-5-7-15(19)12-14;/h5-7,12,16H,3-4,8-11,13H2,1-2H3,(H2,20,21,22);1H. The van der Waals surface area contributed by atoms with Crippen molar-refractivity contribution in [1.82, 2.24) is 15.5 Å². The average molecular weight is 479 g/mol. The van der Waals surface area contributed by atoms with Crippen molar-refractivity contribution in [1.29, 1.82) is 0 Å². The van der Waals surface area contributed by atoms with Gasteiger partial charge >= 0.3 is 0 Å². The zero-order valence-electron chi connectivity index (χ0n) is 14.9. The average Bonchev–Trinajstić information content (AvgIpc) is 3.05. The second-order valence-electron chi connectivity index (χ2n) is 6.39. The quantitative estimate of drug-likeness (QED) is 0.375. The topological polar surface area (TPSA) is 56.7 Å². The molecule has 1 amide bonds. The molecule has 0 radical (unpaired) electrons. The lowest BCUT2D eigenvalue weighted by Crippen LogP contribution is -2.43. The number of nitrogens with zero attached hydrogens (tertiary/aromatic N) is 2. The van der Waals surface area contributed by atoms with Crippen molar-refractivity contribution < 1.29 is 4.79 Å². The maximum atomic E-state index is 11.8. The minimum atomic E-state index is -0.00244. The van der Waals surface area contributed by atoms with Gasteiger partial charge in [-0.3, -0.25) is 4.79 Å². The van der Waals surface area contributed by atoms with Crippen LogP contribution in [0.25, 0.3) is 0 Å². The summed E-state index contributed by atoms with van der Waals surface area (Å²) in [4.78, 5) is 17.8. The highest BCUT2D eigenvalue weighted by molar-refractivity contribution is 14.0. The monoisotopic (exact) mass is 478 g/mol. The van der Waals surface area contributed by atoms with E-state index in [0.29, 0.717) is 6.04 Å². The molecule has 1 saturated carbocycles. The van der Waals surface area contributed by atoms with Crippen molar-refractivity contribution >= 4 is 47.4 Å². The van der Waals surface area contributed by atoms with E-state index in [0.717, 1.165) is 36.8 Å². The van der Waals surface area contributed by atoms with Crippen LogP contribution in [-0.4, -0.2) is 50.0 Å². The number of rotatable bonds is 6. The number of carbonyl (C=O) groups is 1. The van der Waals surface area contributed by atoms with E-state index in [1.807, 2.05) is 18.2 Å². The van der Waals surface area contributed by atoms with Crippen molar-refractivity contribution in [3.8, 4) is 0 Å². The molecule has 0 heterocycles. The summed E-state index contributed by atoms with van der Waals surface area (Å²) in [5.41, 5.74) is 1.18. The maximum absolute atomic E-state index is 11.8. The van der Waals surface area contributed by atoms with Crippen molar-refractivity contribution in [2.24, 2.45) is 4.99 Å². The van der Waals surface area contributed by atoms with Crippen molar-refractivity contribution in [3.05, 3.63) is 34.9 Å². The molecule has 5 nitrogen and oxygen atoms in total. The predicted octanol–water partition coefficient (Wildman–Crippen LogP) is 3.07. The number of nitrogens with one attached hydrogen (secondary N) is 2. The van der Waals surface area contributed by atoms with Gasteiger partial charge in [0.2, 0.25) is 5.91 Å². The minimum absolute atomic E-state index is 0. The van der Waals surface area contributed by atoms with E-state index < -0.39 is 0 Å². The number of benzene rings is 1. The number of hydrogen-bond acceptors (Lipinski definition) is 2. The molecule has 1 fully saturated rings. The molecule has 1 aromatic carbocycles. The first kappa shape index (κ1) is 22.0. The summed E-state index contributed by atoms with van der Waals surface area (Å²) in [5, 5.41) is 7.54. The third kappa shape index (κ3) is 8.27. The first-order valence-corrected chi connectivity index (χ1v) is 8.92. The second kappa shape index (κ2) is 11.6. The Bertz CT molecular complexity index is 574. The highest BCUT2D eigenvalue weighted by Gasteiger charge is 2.16. The fourth-order valence-corrected chi connectivity index (χ4v) is 2.93. The van der Waals surface area contributed by atoms with Crippen LogP contribution in [0, 0.1) is 0 Å². The molecule has 1 aliphatic rings. The number of guanidine groups is 1. The summed E-state index contributed by atoms with van der Waals surface area (Å²) < 4.78 is 0. The van der Waals surface area contributed by atoms with E-state index in [4.69, 9.17) is 11.6 Å². The first-order valence-electron chi connectivity index (χ1n) is 8.54. The van der Waals surface area contributed by atoms with Gasteiger partial charge in [-0.15, -0.1) is 24.0 Å². The largest absolute Gasteiger partial charge is 0.356 e. The Labute approximate surface area is 172 Å². The van der Waals surface area contributed by atoms with Crippen molar-refractivity contribution in [3.63, 3.8) is 0 Å². The van der Waals surface area contributed by atoms with Gasteiger partial charge in [0, 0.05) is 31.7 Å². The number of likely N-dealkylation sites (N-methyl/N-ethyl adjacent to an activating group) is 1. The van der Waals surface area contributed by atoms with E-state index in [2.05, 4.69) is 21.7 Å². The van der Waals surface area contributed by atoms with Crippen LogP contribution < -0.4 is 10.6 Å². The van der Waals surface area contributed by atoms with Crippen LogP contribution in [0.2, 0.25) is 5.02 Å². The molecule has 0 unspecified atom stereocenters. The van der Waals surface area contributed by atoms with Gasteiger partial charge in [0.15, 0.2) is 5.96 Å². The number of carbonyl (C=O) groups excluding carboxylic acids is 1. The summed E-state index contributed by atoms with van der Waals surface area (Å²) >= 11 is 6.02. The van der Waals surface area contributed by atoms with Gasteiger partial charge in [0.25, 0.3) is 0 Å². The molecule has 0 bridgehead atoms. The summed E-state index contributed by atoms with van der Waals surface area (Å²) in [5.74, 6) is 0.719. The van der Waals surface area contributed by atoms with Gasteiger partial charge in [-0.25, -0.2) is 4.99 Å². The van der Waals surface area contributed by atoms with E-state index in [-0.39, 0.29) is 36.4 Å². The van der Waals surface area contributed by atoms with Gasteiger partial charge in [-0.05, 0) is 37.0 Å². The second-order valence-corrected chi connectivity index (χ2v) is 6.82. The molecule has 25 heavy (non-hydrogen) atoms. The van der Waals surface area contributed by atoms with E-state index >= 15 is 0 Å². The molecular weight excluding hydrogens is 451 g/mol. The number of hydrogen-bond donors (Lipinski definition) is 2. The van der Waals surface area contributed by atoms with Gasteiger partial charge in [-0.1, -0.05) is 36.6 Å². The molecule has 1 aliphatic carbocycles. The third-order valence-corrected chi connectivity index (χ3v) is 4.40. The molecule has 0 aromatic heterocycles. The Morgan fingerprint density at radius 1 is 1.32 bits per heavy atom. The molecule has 1 aromatic rings. The fourth-order valence-electron chi connectivity index (χ4n) is 2.72. The summed E-state index contributed by atoms with van der Waals surface area (Å²) in [6.45, 7) is 0.904. The van der Waals surface area contributed by atoms with E-state index in [9.17, 15) is 4.79 Å². The normalized spacial score (nSPS) is 14.8. The Morgan fingerprint density at radius 3 is 2.68 bits per heavy atom. The Morgan fingerprint density at radius 2 is 2.04 bits per heavy atom. The predicted molar refractivity (Wildman–Crippen MR) is 115 cm³/mol. The number of halogens is 2. The molecule has 2 rings (SSSR count). The zero-order chi connectivity index (χ0) is 17.4. The number of aliphatic imine (C=N–C) groups is 1. The highest BCUT2D eigenvalue weighted by atomic mass is 127. The third-order valence-electron chi connectivity index (χ3n) is 4.16. The Balaban J connectivity index is 0.00000312. The van der Waals surface area contributed by atoms with E-state index in [1.165, 1.54) is 18.4 Å². The van der Waals surface area contributed by atoms with Crippen LogP contribution in [0.15, 0.2) is 29.3 Å². The Hall–Kier alpha value is -1.02. The number of amides is 1. The van der Waals surface area contributed by atoms with Gasteiger partial charge in [-0.2, -0.15) is 0 Å². The minimum Gasteiger partial charge on any atom is -0.356 e. The summed E-state index contributed by atoms with van der Waals surface area (Å²) in [6, 6.07) is 8.32. The van der Waals surface area contributed by atoms with Crippen LogP contribution in [0.4, 0.5) is 0 Å². The zero-order valence-corrected chi connectivity index (χ0v) is 18.0. The highest BCUT2D eigenvalue weighted by Crippen LogP contribution is 2.17.